The average Bonchev–Trinajstić information content (AvgIpc) is 3.09. The van der Waals surface area contributed by atoms with Crippen molar-refractivity contribution < 1.29 is 33.7 Å². The van der Waals surface area contributed by atoms with Crippen molar-refractivity contribution in [2.45, 2.75) is 92.1 Å². The molecule has 0 aromatic rings. The number of ether oxygens (including phenoxy) is 3. The van der Waals surface area contributed by atoms with Gasteiger partial charge in [0.1, 0.15) is 12.1 Å². The van der Waals surface area contributed by atoms with E-state index in [2.05, 4.69) is 41.9 Å². The Labute approximate surface area is 300 Å². The van der Waals surface area contributed by atoms with Gasteiger partial charge in [-0.2, -0.15) is 0 Å². The molecule has 1 aliphatic rings. The van der Waals surface area contributed by atoms with E-state index in [4.69, 9.17) is 14.2 Å². The number of carbonyl (C=O) groups excluding carboxylic acids is 3. The number of rotatable bonds is 10. The molecule has 0 bridgehead atoms. The van der Waals surface area contributed by atoms with Crippen molar-refractivity contribution in [3.63, 3.8) is 0 Å². The minimum atomic E-state index is -1.02. The van der Waals surface area contributed by atoms with Crippen LogP contribution in [0.25, 0.3) is 0 Å². The zero-order valence-corrected chi connectivity index (χ0v) is 31.5. The average molecular weight is 693 g/mol. The number of esters is 1. The molecule has 0 aromatic heterocycles. The molecule has 276 valence electrons. The van der Waals surface area contributed by atoms with Crippen LogP contribution in [0.2, 0.25) is 0 Å². The van der Waals surface area contributed by atoms with E-state index in [1.54, 1.807) is 21.1 Å². The summed E-state index contributed by atoms with van der Waals surface area (Å²) in [6.45, 7) is 13.4. The Balaban J connectivity index is 3.39. The van der Waals surface area contributed by atoms with Crippen LogP contribution in [0.5, 0.6) is 0 Å². The van der Waals surface area contributed by atoms with Crippen molar-refractivity contribution >= 4 is 18.3 Å². The van der Waals surface area contributed by atoms with Crippen LogP contribution in [-0.2, 0) is 28.6 Å². The number of cyclic esters (lactones) is 1. The first-order valence-electron chi connectivity index (χ1n) is 17.3. The second-order valence-corrected chi connectivity index (χ2v) is 12.8. The van der Waals surface area contributed by atoms with E-state index in [-0.39, 0.29) is 30.6 Å². The van der Waals surface area contributed by atoms with Crippen LogP contribution >= 0.6 is 0 Å². The predicted molar refractivity (Wildman–Crippen MR) is 202 cm³/mol. The number of methoxy groups -OCH3 is 2. The zero-order chi connectivity index (χ0) is 37.5. The standard InChI is InChI=1S/C41H60N2O7/c1-29-14-12-18-36(48-8)17-11-10-16-33(5)39(34(6)23-22-32(4)26-42-40(46)38(27-44)43-28-45)50-41(47)35(7)24-30(2)20-21-31(3)25-37(49-9)19-13-15-29/h10-11,13-17,20-25,28,30,33,36-39,44H,12,18-19,26-27H2,1-9H3,(H,42,46)(H,43,45)/b15-13-,16-10+,17-11+,21-20+,29-14+,31-25+,32-22+,34-23+,35-24+/t30-,33+,36-,37+,38+,39+/m1/s1. The molecule has 1 rings (SSSR count). The quantitative estimate of drug-likeness (QED) is 0.135. The Kier molecular flexibility index (Phi) is 22.0. The molecule has 0 unspecified atom stereocenters. The number of hydrogen-bond acceptors (Lipinski definition) is 7. The molecule has 3 N–H and O–H groups in total. The van der Waals surface area contributed by atoms with Crippen LogP contribution < -0.4 is 10.6 Å². The minimum absolute atomic E-state index is 0.00986. The van der Waals surface area contributed by atoms with Gasteiger partial charge in [0.2, 0.25) is 12.3 Å². The molecule has 50 heavy (non-hydrogen) atoms. The van der Waals surface area contributed by atoms with Crippen LogP contribution in [0.4, 0.5) is 0 Å². The molecule has 0 saturated carbocycles. The number of carbonyl (C=O) groups is 3. The molecule has 1 heterocycles. The summed E-state index contributed by atoms with van der Waals surface area (Å²) in [6.07, 6.45) is 28.4. The fraction of sp³-hybridized carbons (Fsp3) is 0.488. The summed E-state index contributed by atoms with van der Waals surface area (Å²) >= 11 is 0. The van der Waals surface area contributed by atoms with Gasteiger partial charge < -0.3 is 30.0 Å². The van der Waals surface area contributed by atoms with Crippen molar-refractivity contribution in [1.29, 1.82) is 0 Å². The van der Waals surface area contributed by atoms with E-state index in [1.165, 1.54) is 5.57 Å². The highest BCUT2D eigenvalue weighted by molar-refractivity contribution is 5.88. The molecular formula is C41H60N2O7. The van der Waals surface area contributed by atoms with Crippen molar-refractivity contribution in [2.75, 3.05) is 27.4 Å². The smallest absolute Gasteiger partial charge is 0.334 e. The zero-order valence-electron chi connectivity index (χ0n) is 31.5. The SMILES string of the molecule is CO[C@@H]1/C=C(C)/C=C/[C@@H](C)/C=C(\C)C(=O)O[C@H](/C(C)=C/C=C(\C)CNC(=O)[C@H](CO)NC=O)[C@@H](C)/C=C/C=C/[C@@H](OC)CC/C=C(C)/C=C\C1. The topological polar surface area (TPSA) is 123 Å². The lowest BCUT2D eigenvalue weighted by molar-refractivity contribution is -0.144. The lowest BCUT2D eigenvalue weighted by atomic mass is 9.96. The monoisotopic (exact) mass is 692 g/mol. The first-order chi connectivity index (χ1) is 23.8. The molecule has 9 heteroatoms. The lowest BCUT2D eigenvalue weighted by Gasteiger charge is -2.23. The summed E-state index contributed by atoms with van der Waals surface area (Å²) in [5.74, 6) is -1.06. The molecule has 0 saturated heterocycles. The summed E-state index contributed by atoms with van der Waals surface area (Å²) in [6, 6.07) is -1.02. The molecule has 0 aromatic carbocycles. The van der Waals surface area contributed by atoms with E-state index in [1.807, 2.05) is 89.3 Å². The molecule has 1 aliphatic heterocycles. The van der Waals surface area contributed by atoms with Crippen LogP contribution in [0.3, 0.4) is 0 Å². The van der Waals surface area contributed by atoms with E-state index in [0.717, 1.165) is 36.0 Å². The van der Waals surface area contributed by atoms with Gasteiger partial charge in [-0.05, 0) is 65.4 Å². The minimum Gasteiger partial charge on any atom is -0.454 e. The second kappa shape index (κ2) is 25.0. The fourth-order valence-electron chi connectivity index (χ4n) is 5.05. The Morgan fingerprint density at radius 1 is 1.00 bits per heavy atom. The molecule has 0 aliphatic carbocycles. The van der Waals surface area contributed by atoms with Gasteiger partial charge >= 0.3 is 5.97 Å². The van der Waals surface area contributed by atoms with Crippen molar-refractivity contribution in [3.05, 3.63) is 107 Å². The Bertz CT molecular complexity index is 1360. The summed E-state index contributed by atoms with van der Waals surface area (Å²) in [4.78, 5) is 36.3. The highest BCUT2D eigenvalue weighted by atomic mass is 16.5. The number of aliphatic hydroxyl groups is 1. The molecule has 2 amide bonds. The Hall–Kier alpha value is -4.05. The molecule has 0 spiro atoms. The van der Waals surface area contributed by atoms with Crippen molar-refractivity contribution in [2.24, 2.45) is 11.8 Å². The van der Waals surface area contributed by atoms with Crippen molar-refractivity contribution in [1.82, 2.24) is 10.6 Å². The third kappa shape index (κ3) is 18.1. The second-order valence-electron chi connectivity index (χ2n) is 12.8. The number of allylic oxidation sites excluding steroid dienone is 11. The van der Waals surface area contributed by atoms with Crippen LogP contribution in [-0.4, -0.2) is 75.1 Å². The highest BCUT2D eigenvalue weighted by Crippen LogP contribution is 2.21. The number of amides is 2. The lowest BCUT2D eigenvalue weighted by Crippen LogP contribution is -2.46. The van der Waals surface area contributed by atoms with E-state index < -0.39 is 30.6 Å². The Morgan fingerprint density at radius 3 is 2.36 bits per heavy atom. The summed E-state index contributed by atoms with van der Waals surface area (Å²) in [5.41, 5.74) is 4.42. The molecule has 0 fully saturated rings. The highest BCUT2D eigenvalue weighted by Gasteiger charge is 2.22. The van der Waals surface area contributed by atoms with Crippen LogP contribution in [0, 0.1) is 11.8 Å². The molecular weight excluding hydrogens is 632 g/mol. The predicted octanol–water partition coefficient (Wildman–Crippen LogP) is 6.56. The maximum atomic E-state index is 13.4. The summed E-state index contributed by atoms with van der Waals surface area (Å²) in [7, 11) is 3.42. The fourth-order valence-corrected chi connectivity index (χ4v) is 5.05. The van der Waals surface area contributed by atoms with E-state index in [0.29, 0.717) is 12.0 Å². The Morgan fingerprint density at radius 2 is 1.70 bits per heavy atom. The molecule has 6 atom stereocenters. The van der Waals surface area contributed by atoms with Gasteiger partial charge in [-0.1, -0.05) is 110 Å². The third-order valence-corrected chi connectivity index (χ3v) is 8.17. The van der Waals surface area contributed by atoms with Gasteiger partial charge in [-0.25, -0.2) is 4.79 Å². The first kappa shape index (κ1) is 44.0. The summed E-state index contributed by atoms with van der Waals surface area (Å²) in [5, 5.41) is 14.3. The van der Waals surface area contributed by atoms with Crippen molar-refractivity contribution in [3.8, 4) is 0 Å². The number of aliphatic hydroxyl groups excluding tert-OH is 1. The van der Waals surface area contributed by atoms with Gasteiger partial charge in [0.05, 0.1) is 18.8 Å². The van der Waals surface area contributed by atoms with Crippen LogP contribution in [0.15, 0.2) is 107 Å². The van der Waals surface area contributed by atoms with Gasteiger partial charge in [0.25, 0.3) is 0 Å². The van der Waals surface area contributed by atoms with Gasteiger partial charge in [-0.3, -0.25) is 9.59 Å². The van der Waals surface area contributed by atoms with Gasteiger partial charge in [0.15, 0.2) is 0 Å². The maximum Gasteiger partial charge on any atom is 0.334 e. The number of hydrogen-bond donors (Lipinski definition) is 3. The van der Waals surface area contributed by atoms with Gasteiger partial charge in [0, 0.05) is 32.3 Å². The summed E-state index contributed by atoms with van der Waals surface area (Å²) < 4.78 is 17.5. The molecule has 0 radical (unpaired) electrons. The number of nitrogens with one attached hydrogen (secondary N) is 2. The first-order valence-corrected chi connectivity index (χ1v) is 17.3. The van der Waals surface area contributed by atoms with Gasteiger partial charge in [-0.15, -0.1) is 0 Å². The normalized spacial score (nSPS) is 30.3. The van der Waals surface area contributed by atoms with Crippen LogP contribution in [0.1, 0.15) is 67.7 Å². The molecule has 9 nitrogen and oxygen atoms in total. The van der Waals surface area contributed by atoms with E-state index in [9.17, 15) is 19.5 Å². The maximum absolute atomic E-state index is 13.4. The largest absolute Gasteiger partial charge is 0.454 e. The van der Waals surface area contributed by atoms with E-state index >= 15 is 0 Å². The third-order valence-electron chi connectivity index (χ3n) is 8.17.